The molecule has 0 saturated heterocycles. The number of nitriles is 1. The van der Waals surface area contributed by atoms with Crippen molar-refractivity contribution in [3.8, 4) is 6.07 Å². The Morgan fingerprint density at radius 3 is 2.84 bits per heavy atom. The zero-order chi connectivity index (χ0) is 13.5. The average molecular weight is 254 g/mol. The molecular formula is C16H18N2O. The van der Waals surface area contributed by atoms with E-state index in [1.165, 1.54) is 19.3 Å². The minimum absolute atomic E-state index is 0.0470. The zero-order valence-electron chi connectivity index (χ0n) is 10.9. The van der Waals surface area contributed by atoms with Crippen LogP contribution in [0, 0.1) is 11.3 Å². The van der Waals surface area contributed by atoms with Gasteiger partial charge in [-0.15, -0.1) is 0 Å². The first-order valence-electron chi connectivity index (χ1n) is 6.76. The van der Waals surface area contributed by atoms with Gasteiger partial charge in [0, 0.05) is 12.1 Å². The molecule has 2 rings (SSSR count). The van der Waals surface area contributed by atoms with Crippen LogP contribution in [-0.4, -0.2) is 11.9 Å². The summed E-state index contributed by atoms with van der Waals surface area (Å²) in [6, 6.07) is 9.63. The first-order chi connectivity index (χ1) is 9.28. The summed E-state index contributed by atoms with van der Waals surface area (Å²) in [5, 5.41) is 11.8. The van der Waals surface area contributed by atoms with Crippen molar-refractivity contribution in [3.05, 3.63) is 41.5 Å². The Morgan fingerprint density at radius 2 is 2.11 bits per heavy atom. The monoisotopic (exact) mass is 254 g/mol. The van der Waals surface area contributed by atoms with E-state index in [0.29, 0.717) is 11.6 Å². The second-order valence-corrected chi connectivity index (χ2v) is 4.91. The minimum Gasteiger partial charge on any atom is -0.350 e. The van der Waals surface area contributed by atoms with Crippen LogP contribution in [0.1, 0.15) is 43.2 Å². The predicted molar refractivity (Wildman–Crippen MR) is 75.2 cm³/mol. The van der Waals surface area contributed by atoms with Crippen molar-refractivity contribution in [1.82, 2.24) is 5.32 Å². The largest absolute Gasteiger partial charge is 0.350 e. The molecular weight excluding hydrogens is 236 g/mol. The summed E-state index contributed by atoms with van der Waals surface area (Å²) in [6.45, 7) is 0. The minimum atomic E-state index is -0.0470. The predicted octanol–water partition coefficient (Wildman–Crippen LogP) is 3.02. The lowest BCUT2D eigenvalue weighted by atomic mass is 9.95. The number of benzene rings is 1. The molecule has 98 valence electrons. The van der Waals surface area contributed by atoms with Crippen molar-refractivity contribution < 1.29 is 4.79 Å². The second-order valence-electron chi connectivity index (χ2n) is 4.91. The first kappa shape index (κ1) is 13.4. The van der Waals surface area contributed by atoms with Gasteiger partial charge in [0.05, 0.1) is 11.6 Å². The van der Waals surface area contributed by atoms with Gasteiger partial charge in [0.2, 0.25) is 5.91 Å². The topological polar surface area (TPSA) is 52.9 Å². The first-order valence-corrected chi connectivity index (χ1v) is 6.76. The van der Waals surface area contributed by atoms with E-state index in [-0.39, 0.29) is 5.91 Å². The van der Waals surface area contributed by atoms with Crippen LogP contribution in [0.5, 0.6) is 0 Å². The molecule has 19 heavy (non-hydrogen) atoms. The molecule has 1 aliphatic carbocycles. The van der Waals surface area contributed by atoms with Gasteiger partial charge in [-0.25, -0.2) is 0 Å². The molecule has 0 spiro atoms. The fourth-order valence-corrected chi connectivity index (χ4v) is 2.38. The third kappa shape index (κ3) is 4.26. The third-order valence-corrected chi connectivity index (χ3v) is 3.39. The van der Waals surface area contributed by atoms with E-state index in [2.05, 4.69) is 11.4 Å². The molecule has 0 aliphatic heterocycles. The van der Waals surface area contributed by atoms with E-state index >= 15 is 0 Å². The van der Waals surface area contributed by atoms with E-state index in [0.717, 1.165) is 18.4 Å². The van der Waals surface area contributed by atoms with Crippen molar-refractivity contribution in [1.29, 1.82) is 5.26 Å². The van der Waals surface area contributed by atoms with Gasteiger partial charge in [0.15, 0.2) is 0 Å². The summed E-state index contributed by atoms with van der Waals surface area (Å²) in [6.07, 6.45) is 9.16. The maximum Gasteiger partial charge on any atom is 0.244 e. The lowest BCUT2D eigenvalue weighted by Gasteiger charge is -2.21. The van der Waals surface area contributed by atoms with Crippen LogP contribution in [0.15, 0.2) is 30.3 Å². The number of hydrogen-bond acceptors (Lipinski definition) is 2. The van der Waals surface area contributed by atoms with Crippen LogP contribution < -0.4 is 5.32 Å². The Kier molecular flexibility index (Phi) is 4.74. The molecule has 1 amide bonds. The second kappa shape index (κ2) is 6.75. The van der Waals surface area contributed by atoms with Crippen LogP contribution >= 0.6 is 0 Å². The van der Waals surface area contributed by atoms with Gasteiger partial charge in [-0.1, -0.05) is 31.4 Å². The normalized spacial score (nSPS) is 16.2. The molecule has 1 N–H and O–H groups in total. The number of hydrogen-bond donors (Lipinski definition) is 1. The molecule has 0 radical (unpaired) electrons. The van der Waals surface area contributed by atoms with E-state index < -0.39 is 0 Å². The highest BCUT2D eigenvalue weighted by molar-refractivity contribution is 5.91. The third-order valence-electron chi connectivity index (χ3n) is 3.39. The van der Waals surface area contributed by atoms with Crippen molar-refractivity contribution in [2.45, 2.75) is 38.1 Å². The highest BCUT2D eigenvalue weighted by Crippen LogP contribution is 2.17. The van der Waals surface area contributed by atoms with E-state index in [1.54, 1.807) is 24.3 Å². The summed E-state index contributed by atoms with van der Waals surface area (Å²) in [5.74, 6) is -0.0470. The van der Waals surface area contributed by atoms with Crippen LogP contribution in [0.2, 0.25) is 0 Å². The number of carbonyl (C=O) groups is 1. The number of amides is 1. The molecule has 3 nitrogen and oxygen atoms in total. The van der Waals surface area contributed by atoms with Crippen LogP contribution in [-0.2, 0) is 4.79 Å². The molecule has 0 bridgehead atoms. The van der Waals surface area contributed by atoms with Gasteiger partial charge in [0.1, 0.15) is 0 Å². The summed E-state index contributed by atoms with van der Waals surface area (Å²) in [7, 11) is 0. The molecule has 0 heterocycles. The molecule has 1 aliphatic rings. The Labute approximate surface area is 113 Å². The SMILES string of the molecule is N#Cc1cccc(/C=C/C(=O)NC2CCCCC2)c1. The van der Waals surface area contributed by atoms with Crippen molar-refractivity contribution >= 4 is 12.0 Å². The van der Waals surface area contributed by atoms with Gasteiger partial charge in [-0.05, 0) is 36.6 Å². The van der Waals surface area contributed by atoms with Crippen molar-refractivity contribution in [3.63, 3.8) is 0 Å². The molecule has 0 atom stereocenters. The molecule has 1 fully saturated rings. The molecule has 1 aromatic carbocycles. The van der Waals surface area contributed by atoms with Crippen LogP contribution in [0.3, 0.4) is 0 Å². The molecule has 1 saturated carbocycles. The van der Waals surface area contributed by atoms with Gasteiger partial charge in [0.25, 0.3) is 0 Å². The maximum absolute atomic E-state index is 11.8. The highest BCUT2D eigenvalue weighted by Gasteiger charge is 2.13. The highest BCUT2D eigenvalue weighted by atomic mass is 16.1. The number of nitrogens with one attached hydrogen (secondary N) is 1. The summed E-state index contributed by atoms with van der Waals surface area (Å²) < 4.78 is 0. The fourth-order valence-electron chi connectivity index (χ4n) is 2.38. The number of carbonyl (C=O) groups excluding carboxylic acids is 1. The number of nitrogens with zero attached hydrogens (tertiary/aromatic N) is 1. The smallest absolute Gasteiger partial charge is 0.244 e. The quantitative estimate of drug-likeness (QED) is 0.843. The van der Waals surface area contributed by atoms with Crippen LogP contribution in [0.4, 0.5) is 0 Å². The van der Waals surface area contributed by atoms with Crippen molar-refractivity contribution in [2.24, 2.45) is 0 Å². The Bertz CT molecular complexity index is 508. The molecule has 1 aromatic rings. The summed E-state index contributed by atoms with van der Waals surface area (Å²) >= 11 is 0. The standard InChI is InChI=1S/C16H18N2O/c17-12-14-6-4-5-13(11-14)9-10-16(19)18-15-7-2-1-3-8-15/h4-6,9-11,15H,1-3,7-8H2,(H,18,19)/b10-9+. The van der Waals surface area contributed by atoms with Gasteiger partial charge >= 0.3 is 0 Å². The van der Waals surface area contributed by atoms with E-state index in [1.807, 2.05) is 12.1 Å². The molecule has 0 aromatic heterocycles. The number of rotatable bonds is 3. The molecule has 0 unspecified atom stereocenters. The van der Waals surface area contributed by atoms with Crippen molar-refractivity contribution in [2.75, 3.05) is 0 Å². The Hall–Kier alpha value is -2.08. The fraction of sp³-hybridized carbons (Fsp3) is 0.375. The summed E-state index contributed by atoms with van der Waals surface area (Å²) in [5.41, 5.74) is 1.48. The molecule has 3 heteroatoms. The summed E-state index contributed by atoms with van der Waals surface area (Å²) in [4.78, 5) is 11.8. The Balaban J connectivity index is 1.90. The van der Waals surface area contributed by atoms with E-state index in [4.69, 9.17) is 5.26 Å². The zero-order valence-corrected chi connectivity index (χ0v) is 10.9. The van der Waals surface area contributed by atoms with Gasteiger partial charge < -0.3 is 5.32 Å². The Morgan fingerprint density at radius 1 is 1.32 bits per heavy atom. The average Bonchev–Trinajstić information content (AvgIpc) is 2.46. The van der Waals surface area contributed by atoms with Gasteiger partial charge in [-0.2, -0.15) is 5.26 Å². The van der Waals surface area contributed by atoms with Crippen LogP contribution in [0.25, 0.3) is 6.08 Å². The van der Waals surface area contributed by atoms with E-state index in [9.17, 15) is 4.79 Å². The van der Waals surface area contributed by atoms with Gasteiger partial charge in [-0.3, -0.25) is 4.79 Å². The lowest BCUT2D eigenvalue weighted by Crippen LogP contribution is -2.34. The lowest BCUT2D eigenvalue weighted by molar-refractivity contribution is -0.117. The maximum atomic E-state index is 11.8.